The number of carbonyl (C=O) groups excluding carboxylic acids is 1. The fourth-order valence-electron chi connectivity index (χ4n) is 8.51. The van der Waals surface area contributed by atoms with Crippen molar-refractivity contribution in [3.8, 4) is 5.75 Å². The lowest BCUT2D eigenvalue weighted by atomic mass is 9.83. The van der Waals surface area contributed by atoms with E-state index >= 15 is 0 Å². The number of aliphatic imine (C=N–C) groups is 2. The van der Waals surface area contributed by atoms with Crippen LogP contribution < -0.4 is 25.3 Å². The topological polar surface area (TPSA) is 242 Å². The lowest BCUT2D eigenvalue weighted by Crippen LogP contribution is -3.15. The molecule has 17 heteroatoms. The summed E-state index contributed by atoms with van der Waals surface area (Å²) < 4.78 is 13.2. The number of aliphatic hydroxyl groups excluding tert-OH is 5. The lowest BCUT2D eigenvalue weighted by molar-refractivity contribution is -0.903. The van der Waals surface area contributed by atoms with Gasteiger partial charge in [-0.15, -0.1) is 0 Å². The second kappa shape index (κ2) is 14.8. The normalized spacial score (nSPS) is 30.1. The zero-order chi connectivity index (χ0) is 39.5. The highest BCUT2D eigenvalue weighted by atomic mass is 17.2. The van der Waals surface area contributed by atoms with E-state index in [9.17, 15) is 40.2 Å². The molecule has 6 aliphatic rings. The molecule has 298 valence electrons. The van der Waals surface area contributed by atoms with Gasteiger partial charge in [0.05, 0.1) is 12.0 Å². The molecule has 0 saturated carbocycles. The number of nitrogens with zero attached hydrogens (tertiary/aromatic N) is 2. The molecule has 0 radical (unpaired) electrons. The lowest BCUT2D eigenvalue weighted by Gasteiger charge is -2.43. The minimum absolute atomic E-state index is 0.0273. The fraction of sp³-hybridized carbons (Fsp3) is 0.487. The number of carbonyl (C=O) groups is 1. The Labute approximate surface area is 320 Å². The predicted molar refractivity (Wildman–Crippen MR) is 198 cm³/mol. The molecule has 0 spiro atoms. The van der Waals surface area contributed by atoms with E-state index < -0.39 is 61.6 Å². The van der Waals surface area contributed by atoms with Crippen LogP contribution in [0.3, 0.4) is 0 Å². The molecule has 17 nitrogen and oxygen atoms in total. The number of nitrogens with one attached hydrogen (secondary N) is 3. The summed E-state index contributed by atoms with van der Waals surface area (Å²) in [5.74, 6) is 0.989. The summed E-state index contributed by atoms with van der Waals surface area (Å²) in [6.07, 6.45) is 3.98. The van der Waals surface area contributed by atoms with Crippen LogP contribution in [0.5, 0.6) is 5.75 Å². The molecule has 1 aromatic heterocycles. The molecule has 1 aromatic carbocycles. The number of aliphatic hydroxyl groups is 6. The average Bonchev–Trinajstić information content (AvgIpc) is 4.00. The number of ether oxygens (including phenoxy) is 1. The third-order valence-electron chi connectivity index (χ3n) is 11.8. The van der Waals surface area contributed by atoms with Crippen LogP contribution in [0.15, 0.2) is 78.4 Å². The van der Waals surface area contributed by atoms with E-state index in [1.165, 1.54) is 18.4 Å². The maximum absolute atomic E-state index is 13.4. The molecular weight excluding hydrogens is 730 g/mol. The highest BCUT2D eigenvalue weighted by Crippen LogP contribution is 2.45. The van der Waals surface area contributed by atoms with Gasteiger partial charge in [-0.1, -0.05) is 0 Å². The molecule has 9 N–H and O–H groups in total. The van der Waals surface area contributed by atoms with Crippen LogP contribution in [0.2, 0.25) is 0 Å². The van der Waals surface area contributed by atoms with Crippen molar-refractivity contribution < 1.29 is 64.2 Å². The first-order valence-electron chi connectivity index (χ1n) is 18.8. The Balaban J connectivity index is 1.09. The van der Waals surface area contributed by atoms with E-state index in [0.717, 1.165) is 16.2 Å². The number of quaternary nitrogens is 2. The Morgan fingerprint density at radius 1 is 1.12 bits per heavy atom. The van der Waals surface area contributed by atoms with E-state index in [2.05, 4.69) is 15.3 Å². The zero-order valence-electron chi connectivity index (χ0n) is 31.0. The van der Waals surface area contributed by atoms with Crippen LogP contribution >= 0.6 is 0 Å². The van der Waals surface area contributed by atoms with Crippen molar-refractivity contribution >= 4 is 35.0 Å². The number of rotatable bonds is 14. The SMILES string of the molecule is Cc1cc(=O)c2cc3c(c([NH+]4C=C5N=CC=C5C4)c2o1)O[C@](C)(CC[C@@H]1CNC(=O)C1)[C@H](OOC[C@H](O)[C@](O)(C[NH+]1C2=CC=NC2=CC1O)[C@H](O)[C@H](O)CO)C3. The summed E-state index contributed by atoms with van der Waals surface area (Å²) in [6.45, 7) is 2.51. The maximum Gasteiger partial charge on any atom is 0.222 e. The quantitative estimate of drug-likeness (QED) is 0.0703. The molecule has 7 heterocycles. The van der Waals surface area contributed by atoms with Gasteiger partial charge in [0, 0.05) is 61.2 Å². The number of amides is 1. The largest absolute Gasteiger partial charge is 0.478 e. The van der Waals surface area contributed by atoms with Crippen LogP contribution in [0.1, 0.15) is 37.5 Å². The van der Waals surface area contributed by atoms with Crippen molar-refractivity contribution in [1.82, 2.24) is 5.32 Å². The van der Waals surface area contributed by atoms with Crippen molar-refractivity contribution in [2.45, 2.75) is 81.4 Å². The summed E-state index contributed by atoms with van der Waals surface area (Å²) in [7, 11) is 0. The summed E-state index contributed by atoms with van der Waals surface area (Å²) in [5.41, 5.74) is 0.673. The van der Waals surface area contributed by atoms with Crippen LogP contribution in [0.4, 0.5) is 5.69 Å². The molecule has 2 aromatic rings. The second-order valence-corrected chi connectivity index (χ2v) is 15.7. The molecular formula is C39H47N5O12+2. The van der Waals surface area contributed by atoms with E-state index in [4.69, 9.17) is 18.9 Å². The molecule has 3 unspecified atom stereocenters. The van der Waals surface area contributed by atoms with Gasteiger partial charge >= 0.3 is 0 Å². The highest BCUT2D eigenvalue weighted by Gasteiger charge is 2.53. The van der Waals surface area contributed by atoms with Gasteiger partial charge in [-0.3, -0.25) is 29.4 Å². The van der Waals surface area contributed by atoms with Gasteiger partial charge in [0.15, 0.2) is 22.5 Å². The van der Waals surface area contributed by atoms with Crippen molar-refractivity contribution in [2.24, 2.45) is 15.9 Å². The van der Waals surface area contributed by atoms with E-state index in [0.29, 0.717) is 77.5 Å². The fourth-order valence-corrected chi connectivity index (χ4v) is 8.51. The third kappa shape index (κ3) is 6.87. The Kier molecular flexibility index (Phi) is 10.2. The molecule has 1 saturated heterocycles. The third-order valence-corrected chi connectivity index (χ3v) is 11.8. The number of hydrogen-bond donors (Lipinski definition) is 9. The smallest absolute Gasteiger partial charge is 0.222 e. The average molecular weight is 778 g/mol. The number of aryl methyl sites for hydroxylation is 1. The summed E-state index contributed by atoms with van der Waals surface area (Å²) >= 11 is 0. The maximum atomic E-state index is 13.4. The van der Waals surface area contributed by atoms with E-state index in [1.54, 1.807) is 25.3 Å². The first-order valence-corrected chi connectivity index (χ1v) is 18.8. The van der Waals surface area contributed by atoms with Gasteiger partial charge in [0.25, 0.3) is 0 Å². The number of benzene rings is 1. The van der Waals surface area contributed by atoms with Crippen LogP contribution in [-0.2, 0) is 21.0 Å². The molecule has 0 bridgehead atoms. The van der Waals surface area contributed by atoms with E-state index in [-0.39, 0.29) is 28.6 Å². The minimum atomic E-state index is -2.53. The van der Waals surface area contributed by atoms with Gasteiger partial charge in [0.1, 0.15) is 73.1 Å². The number of hydrogen-bond acceptors (Lipinski definition) is 14. The Morgan fingerprint density at radius 3 is 2.66 bits per heavy atom. The summed E-state index contributed by atoms with van der Waals surface area (Å²) in [4.78, 5) is 47.0. The van der Waals surface area contributed by atoms with Crippen molar-refractivity contribution in [3.05, 3.63) is 80.8 Å². The van der Waals surface area contributed by atoms with Gasteiger partial charge in [-0.2, -0.15) is 0 Å². The Bertz CT molecular complexity index is 2180. The van der Waals surface area contributed by atoms with Crippen molar-refractivity contribution in [3.63, 3.8) is 0 Å². The van der Waals surface area contributed by atoms with Gasteiger partial charge < -0.3 is 45.1 Å². The molecule has 8 rings (SSSR count). The second-order valence-electron chi connectivity index (χ2n) is 15.7. The molecule has 0 aliphatic carbocycles. The van der Waals surface area contributed by atoms with Gasteiger partial charge in [0.2, 0.25) is 23.4 Å². The summed E-state index contributed by atoms with van der Waals surface area (Å²) in [5, 5.41) is 68.3. The predicted octanol–water partition coefficient (Wildman–Crippen LogP) is -2.71. The van der Waals surface area contributed by atoms with Crippen molar-refractivity contribution in [2.75, 3.05) is 32.8 Å². The van der Waals surface area contributed by atoms with Crippen LogP contribution in [0, 0.1) is 12.8 Å². The first-order chi connectivity index (χ1) is 26.8. The van der Waals surface area contributed by atoms with Crippen LogP contribution in [0.25, 0.3) is 11.0 Å². The Hall–Kier alpha value is -4.40. The summed E-state index contributed by atoms with van der Waals surface area (Å²) in [6, 6.07) is 3.16. The Morgan fingerprint density at radius 2 is 1.91 bits per heavy atom. The number of fused-ring (bicyclic) bond motifs is 4. The zero-order valence-corrected chi connectivity index (χ0v) is 31.0. The molecule has 10 atom stereocenters. The van der Waals surface area contributed by atoms with Gasteiger partial charge in [-0.25, -0.2) is 9.78 Å². The van der Waals surface area contributed by atoms with E-state index in [1.807, 2.05) is 19.2 Å². The van der Waals surface area contributed by atoms with Crippen LogP contribution in [-0.4, -0.2) is 124 Å². The first kappa shape index (κ1) is 38.5. The molecule has 56 heavy (non-hydrogen) atoms. The van der Waals surface area contributed by atoms with Gasteiger partial charge in [-0.05, 0) is 44.7 Å². The molecule has 1 fully saturated rings. The standard InChI is InChI=1S/C39H45N5O12/c1-20-9-28(46)24-11-23-12-31(56-53-18-30(48)39(52,37(51)29(47)17-45)19-44-27-5-8-40-25(27)13-33(44)50)38(2,6-3-21-10-32(49)42-14-21)55-35(23)34(36(24)54-20)43-15-22-4-7-41-26(22)16-43/h4-5,7-9,11,13,16,21,29-31,33,37,45,47-48,50-52H,3,6,10,12,14-15,17-19H2,1-2H3,(H,42,49)/p+2/t21-,29+,30-,31+,33?,37+,38+,39+/m0/s1. The number of allylic oxidation sites excluding steroid dienone is 2. The monoisotopic (exact) mass is 777 g/mol. The molecule has 1 amide bonds. The highest BCUT2D eigenvalue weighted by molar-refractivity contribution is 5.90. The van der Waals surface area contributed by atoms with Crippen molar-refractivity contribution in [1.29, 1.82) is 0 Å². The molecule has 6 aliphatic heterocycles. The minimum Gasteiger partial charge on any atom is -0.478 e.